The van der Waals surface area contributed by atoms with Crippen LogP contribution < -0.4 is 5.32 Å². The summed E-state index contributed by atoms with van der Waals surface area (Å²) in [4.78, 5) is 25.5. The van der Waals surface area contributed by atoms with Gasteiger partial charge in [0.1, 0.15) is 0 Å². The Bertz CT molecular complexity index is 1070. The lowest BCUT2D eigenvalue weighted by atomic mass is 10.2. The Labute approximate surface area is 165 Å². The predicted molar refractivity (Wildman–Crippen MR) is 101 cm³/mol. The van der Waals surface area contributed by atoms with E-state index in [9.17, 15) is 9.59 Å². The summed E-state index contributed by atoms with van der Waals surface area (Å²) in [6.45, 7) is 1.13. The van der Waals surface area contributed by atoms with Crippen LogP contribution in [0.3, 0.4) is 0 Å². The second-order valence-corrected chi connectivity index (χ2v) is 6.15. The predicted octanol–water partition coefficient (Wildman–Crippen LogP) is 2.90. The molecule has 1 amide bonds. The molecule has 0 bridgehead atoms. The zero-order valence-corrected chi connectivity index (χ0v) is 15.5. The van der Waals surface area contributed by atoms with Gasteiger partial charge in [-0.05, 0) is 49.4 Å². The lowest BCUT2D eigenvalue weighted by molar-refractivity contribution is -0.119. The van der Waals surface area contributed by atoms with Crippen LogP contribution in [0.5, 0.6) is 0 Å². The Balaban J connectivity index is 1.61. The van der Waals surface area contributed by atoms with Gasteiger partial charge in [0.05, 0.1) is 23.0 Å². The van der Waals surface area contributed by atoms with Gasteiger partial charge in [-0.15, -0.1) is 5.10 Å². The number of hydrogen-bond acceptors (Lipinski definition) is 6. The summed E-state index contributed by atoms with van der Waals surface area (Å²) in [6.07, 6.45) is 0. The number of carbonyl (C=O) groups is 2. The molecule has 8 nitrogen and oxygen atoms in total. The lowest BCUT2D eigenvalue weighted by Crippen LogP contribution is -2.21. The number of nitriles is 1. The molecule has 28 heavy (non-hydrogen) atoms. The van der Waals surface area contributed by atoms with E-state index in [1.165, 1.54) is 4.80 Å². The van der Waals surface area contributed by atoms with Crippen LogP contribution >= 0.6 is 11.6 Å². The molecule has 0 saturated carbocycles. The minimum atomic E-state index is -0.763. The van der Waals surface area contributed by atoms with Gasteiger partial charge in [0, 0.05) is 10.7 Å². The van der Waals surface area contributed by atoms with Crippen LogP contribution in [0.15, 0.2) is 48.5 Å². The number of amides is 1. The first kappa shape index (κ1) is 19.1. The van der Waals surface area contributed by atoms with Crippen molar-refractivity contribution in [3.8, 4) is 11.8 Å². The van der Waals surface area contributed by atoms with Crippen molar-refractivity contribution in [2.24, 2.45) is 0 Å². The number of halogens is 1. The van der Waals surface area contributed by atoms with E-state index < -0.39 is 18.5 Å². The highest BCUT2D eigenvalue weighted by molar-refractivity contribution is 6.30. The number of carbonyl (C=O) groups excluding carboxylic acids is 2. The minimum Gasteiger partial charge on any atom is -0.451 e. The molecule has 0 spiro atoms. The average molecular weight is 396 g/mol. The van der Waals surface area contributed by atoms with Crippen molar-refractivity contribution in [2.75, 3.05) is 11.9 Å². The molecule has 3 rings (SSSR count). The number of ether oxygens (including phenoxy) is 1. The van der Waals surface area contributed by atoms with Gasteiger partial charge in [0.25, 0.3) is 5.91 Å². The number of esters is 1. The van der Waals surface area contributed by atoms with Crippen molar-refractivity contribution in [3.05, 3.63) is 70.5 Å². The van der Waals surface area contributed by atoms with Crippen LogP contribution in [0.25, 0.3) is 5.69 Å². The Morgan fingerprint density at radius 1 is 1.21 bits per heavy atom. The van der Waals surface area contributed by atoms with Crippen molar-refractivity contribution in [1.82, 2.24) is 15.0 Å². The second kappa shape index (κ2) is 8.33. The van der Waals surface area contributed by atoms with Gasteiger partial charge in [-0.3, -0.25) is 4.79 Å². The Morgan fingerprint density at radius 2 is 1.96 bits per heavy atom. The van der Waals surface area contributed by atoms with Crippen LogP contribution in [-0.4, -0.2) is 33.5 Å². The molecule has 0 unspecified atom stereocenters. The summed E-state index contributed by atoms with van der Waals surface area (Å²) in [5.41, 5.74) is 1.92. The first-order valence-electron chi connectivity index (χ1n) is 8.13. The fraction of sp³-hybridized carbons (Fsp3) is 0.105. The van der Waals surface area contributed by atoms with Gasteiger partial charge < -0.3 is 10.1 Å². The first-order chi connectivity index (χ1) is 13.5. The summed E-state index contributed by atoms with van der Waals surface area (Å²) in [7, 11) is 0. The molecule has 0 radical (unpaired) electrons. The van der Waals surface area contributed by atoms with Gasteiger partial charge >= 0.3 is 5.97 Å². The third-order valence-electron chi connectivity index (χ3n) is 3.65. The van der Waals surface area contributed by atoms with Crippen molar-refractivity contribution in [1.29, 1.82) is 5.26 Å². The van der Waals surface area contributed by atoms with Crippen molar-refractivity contribution in [2.45, 2.75) is 6.92 Å². The summed E-state index contributed by atoms with van der Waals surface area (Å²) in [5, 5.41) is 20.1. The molecular weight excluding hydrogens is 382 g/mol. The highest BCUT2D eigenvalue weighted by Crippen LogP contribution is 2.15. The Hall–Kier alpha value is -3.70. The van der Waals surface area contributed by atoms with Crippen molar-refractivity contribution in [3.63, 3.8) is 0 Å². The van der Waals surface area contributed by atoms with Crippen LogP contribution in [-0.2, 0) is 9.53 Å². The molecule has 3 aromatic rings. The number of benzene rings is 2. The van der Waals surface area contributed by atoms with E-state index in [-0.39, 0.29) is 5.69 Å². The maximum Gasteiger partial charge on any atom is 0.361 e. The lowest BCUT2D eigenvalue weighted by Gasteiger charge is -2.06. The summed E-state index contributed by atoms with van der Waals surface area (Å²) in [5.74, 6) is -1.28. The molecule has 1 N–H and O–H groups in total. The molecule has 140 valence electrons. The molecule has 2 aromatic carbocycles. The molecule has 0 aliphatic rings. The van der Waals surface area contributed by atoms with E-state index >= 15 is 0 Å². The van der Waals surface area contributed by atoms with Crippen molar-refractivity contribution >= 4 is 29.2 Å². The van der Waals surface area contributed by atoms with Crippen LogP contribution in [0, 0.1) is 18.3 Å². The third kappa shape index (κ3) is 4.52. The third-order valence-corrected chi connectivity index (χ3v) is 3.88. The Morgan fingerprint density at radius 3 is 2.64 bits per heavy atom. The zero-order valence-electron chi connectivity index (χ0n) is 14.7. The van der Waals surface area contributed by atoms with Gasteiger partial charge in [-0.25, -0.2) is 4.79 Å². The van der Waals surface area contributed by atoms with Crippen molar-refractivity contribution < 1.29 is 14.3 Å². The molecule has 1 aromatic heterocycles. The highest BCUT2D eigenvalue weighted by Gasteiger charge is 2.19. The topological polar surface area (TPSA) is 110 Å². The van der Waals surface area contributed by atoms with E-state index in [0.717, 1.165) is 0 Å². The van der Waals surface area contributed by atoms with Gasteiger partial charge in [-0.1, -0.05) is 17.7 Å². The van der Waals surface area contributed by atoms with E-state index in [1.54, 1.807) is 55.5 Å². The van der Waals surface area contributed by atoms with E-state index in [4.69, 9.17) is 21.6 Å². The molecule has 0 fully saturated rings. The van der Waals surface area contributed by atoms with Crippen LogP contribution in [0.4, 0.5) is 5.69 Å². The number of nitrogens with one attached hydrogen (secondary N) is 1. The van der Waals surface area contributed by atoms with Gasteiger partial charge in [-0.2, -0.15) is 15.2 Å². The maximum atomic E-state index is 12.2. The SMILES string of the molecule is Cc1nn(-c2cccc(Cl)c2)nc1C(=O)OCC(=O)Nc1ccc(C#N)cc1. The number of nitrogens with zero attached hydrogens (tertiary/aromatic N) is 4. The molecule has 0 aliphatic carbocycles. The largest absolute Gasteiger partial charge is 0.451 e. The normalized spacial score (nSPS) is 10.2. The zero-order chi connectivity index (χ0) is 20.1. The fourth-order valence-electron chi connectivity index (χ4n) is 2.31. The summed E-state index contributed by atoms with van der Waals surface area (Å²) < 4.78 is 5.02. The molecule has 9 heteroatoms. The maximum absolute atomic E-state index is 12.2. The van der Waals surface area contributed by atoms with Crippen LogP contribution in [0.2, 0.25) is 5.02 Å². The first-order valence-corrected chi connectivity index (χ1v) is 8.51. The molecule has 1 heterocycles. The van der Waals surface area contributed by atoms with E-state index in [0.29, 0.717) is 27.7 Å². The number of aryl methyl sites for hydroxylation is 1. The van der Waals surface area contributed by atoms with Gasteiger partial charge in [0.2, 0.25) is 0 Å². The average Bonchev–Trinajstić information content (AvgIpc) is 3.08. The number of aromatic nitrogens is 3. The van der Waals surface area contributed by atoms with Crippen LogP contribution in [0.1, 0.15) is 21.7 Å². The molecule has 0 saturated heterocycles. The molecule has 0 atom stereocenters. The van der Waals surface area contributed by atoms with E-state index in [1.807, 2.05) is 6.07 Å². The number of anilines is 1. The Kier molecular flexibility index (Phi) is 5.67. The number of rotatable bonds is 5. The summed E-state index contributed by atoms with van der Waals surface area (Å²) in [6, 6.07) is 15.1. The fourth-order valence-corrected chi connectivity index (χ4v) is 2.49. The quantitative estimate of drug-likeness (QED) is 0.665. The number of hydrogen-bond donors (Lipinski definition) is 1. The molecule has 0 aliphatic heterocycles. The highest BCUT2D eigenvalue weighted by atomic mass is 35.5. The minimum absolute atomic E-state index is 0.00569. The standard InChI is InChI=1S/C19H14ClN5O3/c1-12-18(24-25(23-12)16-4-2-3-14(20)9-16)19(27)28-11-17(26)22-15-7-5-13(10-21)6-8-15/h2-9H,11H2,1H3,(H,22,26). The van der Waals surface area contributed by atoms with E-state index in [2.05, 4.69) is 15.5 Å². The smallest absolute Gasteiger partial charge is 0.361 e. The summed E-state index contributed by atoms with van der Waals surface area (Å²) >= 11 is 5.95. The molecular formula is C19H14ClN5O3. The second-order valence-electron chi connectivity index (χ2n) is 5.72. The van der Waals surface area contributed by atoms with Gasteiger partial charge in [0.15, 0.2) is 12.3 Å². The monoisotopic (exact) mass is 395 g/mol.